The number of aromatic nitrogens is 1. The minimum atomic E-state index is 1.04. The van der Waals surface area contributed by atoms with Crippen LogP contribution in [0.3, 0.4) is 0 Å². The summed E-state index contributed by atoms with van der Waals surface area (Å²) >= 11 is 3.51. The van der Waals surface area contributed by atoms with Crippen LogP contribution in [0.2, 0.25) is 0 Å². The Morgan fingerprint density at radius 3 is 2.79 bits per heavy atom. The number of aryl methyl sites for hydroxylation is 3. The quantitative estimate of drug-likeness (QED) is 0.767. The highest BCUT2D eigenvalue weighted by Crippen LogP contribution is 2.33. The molecule has 0 atom stereocenters. The van der Waals surface area contributed by atoms with Gasteiger partial charge in [-0.1, -0.05) is 17.7 Å². The summed E-state index contributed by atoms with van der Waals surface area (Å²) in [6, 6.07) is 10.9. The lowest BCUT2D eigenvalue weighted by molar-refractivity contribution is 0.757. The zero-order chi connectivity index (χ0) is 13.4. The molecule has 0 amide bonds. The smallest absolute Gasteiger partial charge is 0.133 e. The maximum absolute atomic E-state index is 4.70. The highest BCUT2D eigenvalue weighted by molar-refractivity contribution is 9.10. The fraction of sp³-hybridized carbons (Fsp3) is 0.312. The van der Waals surface area contributed by atoms with Crippen molar-refractivity contribution < 1.29 is 0 Å². The van der Waals surface area contributed by atoms with E-state index in [0.29, 0.717) is 0 Å². The molecule has 2 nitrogen and oxygen atoms in total. The lowest BCUT2D eigenvalue weighted by atomic mass is 9.99. The summed E-state index contributed by atoms with van der Waals surface area (Å²) in [5, 5.41) is 0. The van der Waals surface area contributed by atoms with Crippen molar-refractivity contribution in [2.75, 3.05) is 11.4 Å². The van der Waals surface area contributed by atoms with E-state index in [1.54, 1.807) is 0 Å². The zero-order valence-electron chi connectivity index (χ0n) is 11.3. The third-order valence-electron chi connectivity index (χ3n) is 3.64. The van der Waals surface area contributed by atoms with Gasteiger partial charge in [-0.2, -0.15) is 0 Å². The molecule has 1 aromatic carbocycles. The molecule has 0 spiro atoms. The Kier molecular flexibility index (Phi) is 3.31. The third-order valence-corrected chi connectivity index (χ3v) is 4.47. The fourth-order valence-corrected chi connectivity index (χ4v) is 2.87. The van der Waals surface area contributed by atoms with Gasteiger partial charge >= 0.3 is 0 Å². The molecule has 1 aromatic heterocycles. The van der Waals surface area contributed by atoms with Crippen LogP contribution < -0.4 is 4.90 Å². The molecule has 0 N–H and O–H groups in total. The van der Waals surface area contributed by atoms with Gasteiger partial charge in [0, 0.05) is 16.7 Å². The Hall–Kier alpha value is -1.35. The second-order valence-electron chi connectivity index (χ2n) is 5.12. The van der Waals surface area contributed by atoms with Crippen LogP contribution in [-0.2, 0) is 6.42 Å². The number of benzene rings is 1. The number of pyridine rings is 1. The molecule has 0 saturated heterocycles. The van der Waals surface area contributed by atoms with Gasteiger partial charge in [0.25, 0.3) is 0 Å². The average Bonchev–Trinajstić information content (AvgIpc) is 2.41. The van der Waals surface area contributed by atoms with Crippen LogP contribution in [-0.4, -0.2) is 11.5 Å². The fourth-order valence-electron chi connectivity index (χ4n) is 2.65. The summed E-state index contributed by atoms with van der Waals surface area (Å²) in [6.45, 7) is 5.24. The van der Waals surface area contributed by atoms with Gasteiger partial charge in [0.15, 0.2) is 0 Å². The van der Waals surface area contributed by atoms with Crippen molar-refractivity contribution in [3.63, 3.8) is 0 Å². The molecule has 3 heteroatoms. The number of halogens is 1. The largest absolute Gasteiger partial charge is 0.326 e. The van der Waals surface area contributed by atoms with Crippen molar-refractivity contribution in [3.8, 4) is 0 Å². The van der Waals surface area contributed by atoms with E-state index in [4.69, 9.17) is 4.98 Å². The molecule has 0 saturated carbocycles. The summed E-state index contributed by atoms with van der Waals surface area (Å²) in [7, 11) is 0. The Labute approximate surface area is 122 Å². The van der Waals surface area contributed by atoms with Crippen LogP contribution in [0.15, 0.2) is 34.8 Å². The molecule has 0 fully saturated rings. The van der Waals surface area contributed by atoms with Crippen LogP contribution in [0.1, 0.15) is 23.2 Å². The van der Waals surface area contributed by atoms with Crippen molar-refractivity contribution in [1.82, 2.24) is 4.98 Å². The van der Waals surface area contributed by atoms with Gasteiger partial charge in [-0.3, -0.25) is 0 Å². The molecule has 3 rings (SSSR count). The van der Waals surface area contributed by atoms with Crippen LogP contribution in [0, 0.1) is 13.8 Å². The van der Waals surface area contributed by atoms with Crippen LogP contribution in [0.4, 0.5) is 11.5 Å². The average molecular weight is 317 g/mol. The standard InChI is InChI=1S/C16H17BrN2/c1-11-5-7-15-13(10-11)4-3-9-19(15)16-8-6-14(17)12(2)18-16/h5-8,10H,3-4,9H2,1-2H3. The lowest BCUT2D eigenvalue weighted by Gasteiger charge is -2.31. The second-order valence-corrected chi connectivity index (χ2v) is 5.98. The van der Waals surface area contributed by atoms with E-state index in [-0.39, 0.29) is 0 Å². The summed E-state index contributed by atoms with van der Waals surface area (Å²) < 4.78 is 1.07. The first-order chi connectivity index (χ1) is 9.15. The molecule has 1 aliphatic rings. The normalized spacial score (nSPS) is 14.4. The molecule has 0 radical (unpaired) electrons. The number of fused-ring (bicyclic) bond motifs is 1. The van der Waals surface area contributed by atoms with E-state index in [0.717, 1.165) is 22.5 Å². The van der Waals surface area contributed by atoms with Crippen molar-refractivity contribution in [2.24, 2.45) is 0 Å². The Balaban J connectivity index is 2.05. The van der Waals surface area contributed by atoms with Crippen LogP contribution in [0.25, 0.3) is 0 Å². The van der Waals surface area contributed by atoms with E-state index < -0.39 is 0 Å². The topological polar surface area (TPSA) is 16.1 Å². The molecule has 2 aromatic rings. The first-order valence-corrected chi connectivity index (χ1v) is 7.44. The molecule has 1 aliphatic heterocycles. The first kappa shape index (κ1) is 12.7. The number of rotatable bonds is 1. The van der Waals surface area contributed by atoms with Gasteiger partial charge in [0.05, 0.1) is 5.69 Å². The van der Waals surface area contributed by atoms with Gasteiger partial charge in [0.2, 0.25) is 0 Å². The minimum Gasteiger partial charge on any atom is -0.326 e. The summed E-state index contributed by atoms with van der Waals surface area (Å²) in [5.41, 5.74) is 5.12. The number of anilines is 2. The van der Waals surface area contributed by atoms with Gasteiger partial charge in [-0.05, 0) is 66.4 Å². The molecule has 2 heterocycles. The van der Waals surface area contributed by atoms with Crippen molar-refractivity contribution in [1.29, 1.82) is 0 Å². The monoisotopic (exact) mass is 316 g/mol. The van der Waals surface area contributed by atoms with E-state index in [1.807, 2.05) is 6.92 Å². The molecular weight excluding hydrogens is 300 g/mol. The van der Waals surface area contributed by atoms with E-state index >= 15 is 0 Å². The van der Waals surface area contributed by atoms with Gasteiger partial charge in [-0.15, -0.1) is 0 Å². The van der Waals surface area contributed by atoms with Crippen LogP contribution in [0.5, 0.6) is 0 Å². The number of nitrogens with zero attached hydrogens (tertiary/aromatic N) is 2. The summed E-state index contributed by atoms with van der Waals surface area (Å²) in [5.74, 6) is 1.05. The van der Waals surface area contributed by atoms with Gasteiger partial charge in [-0.25, -0.2) is 4.98 Å². The highest BCUT2D eigenvalue weighted by atomic mass is 79.9. The van der Waals surface area contributed by atoms with E-state index in [2.05, 4.69) is 58.1 Å². The van der Waals surface area contributed by atoms with Gasteiger partial charge in [0.1, 0.15) is 5.82 Å². The maximum atomic E-state index is 4.70. The van der Waals surface area contributed by atoms with E-state index in [1.165, 1.54) is 29.7 Å². The molecule has 0 unspecified atom stereocenters. The zero-order valence-corrected chi connectivity index (χ0v) is 12.9. The predicted octanol–water partition coefficient (Wildman–Crippen LogP) is 4.55. The number of hydrogen-bond acceptors (Lipinski definition) is 2. The van der Waals surface area contributed by atoms with Crippen LogP contribution >= 0.6 is 15.9 Å². The number of hydrogen-bond donors (Lipinski definition) is 0. The summed E-state index contributed by atoms with van der Waals surface area (Å²) in [6.07, 6.45) is 2.36. The Morgan fingerprint density at radius 1 is 1.16 bits per heavy atom. The van der Waals surface area contributed by atoms with Crippen molar-refractivity contribution in [3.05, 3.63) is 51.6 Å². The third kappa shape index (κ3) is 2.39. The molecule has 0 bridgehead atoms. The molecular formula is C16H17BrN2. The molecule has 98 valence electrons. The predicted molar refractivity (Wildman–Crippen MR) is 83.2 cm³/mol. The highest BCUT2D eigenvalue weighted by Gasteiger charge is 2.19. The molecule has 19 heavy (non-hydrogen) atoms. The Bertz CT molecular complexity index is 622. The van der Waals surface area contributed by atoms with Crippen molar-refractivity contribution >= 4 is 27.4 Å². The Morgan fingerprint density at radius 2 is 2.00 bits per heavy atom. The lowest BCUT2D eigenvalue weighted by Crippen LogP contribution is -2.25. The maximum Gasteiger partial charge on any atom is 0.133 e. The first-order valence-electron chi connectivity index (χ1n) is 6.65. The minimum absolute atomic E-state index is 1.04. The van der Waals surface area contributed by atoms with E-state index in [9.17, 15) is 0 Å². The SMILES string of the molecule is Cc1ccc2c(c1)CCCN2c1ccc(Br)c(C)n1. The second kappa shape index (κ2) is 4.97. The van der Waals surface area contributed by atoms with Gasteiger partial charge < -0.3 is 4.90 Å². The molecule has 0 aliphatic carbocycles. The van der Waals surface area contributed by atoms with Crippen molar-refractivity contribution in [2.45, 2.75) is 26.7 Å². The summed E-state index contributed by atoms with van der Waals surface area (Å²) in [4.78, 5) is 7.03.